The molecule has 2 aromatic carbocycles. The van der Waals surface area contributed by atoms with Crippen LogP contribution in [0.1, 0.15) is 5.56 Å². The number of fused-ring (bicyclic) bond motifs is 2. The molecule has 0 radical (unpaired) electrons. The van der Waals surface area contributed by atoms with Crippen LogP contribution in [0.5, 0.6) is 0 Å². The summed E-state index contributed by atoms with van der Waals surface area (Å²) in [6.07, 6.45) is 3.97. The Labute approximate surface area is 181 Å². The molecular weight excluding hydrogens is 412 g/mol. The van der Waals surface area contributed by atoms with Crippen LogP contribution in [0.3, 0.4) is 0 Å². The van der Waals surface area contributed by atoms with E-state index >= 15 is 0 Å². The summed E-state index contributed by atoms with van der Waals surface area (Å²) in [5.41, 5.74) is 5.49. The Morgan fingerprint density at radius 3 is 2.77 bits per heavy atom. The molecule has 3 aromatic heterocycles. The van der Waals surface area contributed by atoms with Crippen LogP contribution in [0.25, 0.3) is 27.1 Å². The monoisotopic (exact) mass is 430 g/mol. The number of nitrogens with one attached hydrogen (secondary N) is 1. The van der Waals surface area contributed by atoms with Crippen LogP contribution in [0.15, 0.2) is 77.4 Å². The largest absolute Gasteiger partial charge is 0.325 e. The molecule has 0 fully saturated rings. The van der Waals surface area contributed by atoms with Crippen LogP contribution >= 0.6 is 23.1 Å². The highest BCUT2D eigenvalue weighted by Gasteiger charge is 2.13. The summed E-state index contributed by atoms with van der Waals surface area (Å²) in [7, 11) is 0. The molecular formula is C23H18N4OS2. The SMILES string of the molecule is Cc1cccn2cc(-c3ccccc3NC(=O)CSc3nc4ccccc4s3)nc12. The minimum Gasteiger partial charge on any atom is -0.325 e. The first-order valence-electron chi connectivity index (χ1n) is 9.49. The van der Waals surface area contributed by atoms with Crippen molar-refractivity contribution in [3.05, 3.63) is 78.6 Å². The van der Waals surface area contributed by atoms with Gasteiger partial charge in [0.25, 0.3) is 0 Å². The van der Waals surface area contributed by atoms with Gasteiger partial charge in [0.1, 0.15) is 5.65 Å². The number of thioether (sulfide) groups is 1. The van der Waals surface area contributed by atoms with Gasteiger partial charge in [-0.25, -0.2) is 9.97 Å². The summed E-state index contributed by atoms with van der Waals surface area (Å²) in [4.78, 5) is 22.0. The number of rotatable bonds is 5. The zero-order valence-electron chi connectivity index (χ0n) is 16.2. The topological polar surface area (TPSA) is 59.3 Å². The van der Waals surface area contributed by atoms with Gasteiger partial charge in [-0.15, -0.1) is 11.3 Å². The number of para-hydroxylation sites is 2. The number of thiazole rings is 1. The van der Waals surface area contributed by atoms with Gasteiger partial charge >= 0.3 is 0 Å². The fraction of sp³-hybridized carbons (Fsp3) is 0.0870. The van der Waals surface area contributed by atoms with Gasteiger partial charge in [-0.2, -0.15) is 0 Å². The molecule has 0 saturated carbocycles. The van der Waals surface area contributed by atoms with E-state index in [1.54, 1.807) is 11.3 Å². The Kier molecular flexibility index (Phi) is 4.98. The first-order valence-corrected chi connectivity index (χ1v) is 11.3. The number of imidazole rings is 1. The second-order valence-corrected chi connectivity index (χ2v) is 9.13. The van der Waals surface area contributed by atoms with Crippen molar-refractivity contribution in [2.24, 2.45) is 0 Å². The van der Waals surface area contributed by atoms with E-state index in [1.807, 2.05) is 84.4 Å². The van der Waals surface area contributed by atoms with Crippen molar-refractivity contribution in [2.45, 2.75) is 11.3 Å². The number of benzene rings is 2. The average Bonchev–Trinajstić information content (AvgIpc) is 3.37. The lowest BCUT2D eigenvalue weighted by molar-refractivity contribution is -0.113. The summed E-state index contributed by atoms with van der Waals surface area (Å²) < 4.78 is 4.04. The van der Waals surface area contributed by atoms with E-state index in [2.05, 4.69) is 10.3 Å². The fourth-order valence-electron chi connectivity index (χ4n) is 3.33. The number of carbonyl (C=O) groups excluding carboxylic acids is 1. The number of nitrogens with zero attached hydrogens (tertiary/aromatic N) is 3. The van der Waals surface area contributed by atoms with Gasteiger partial charge in [-0.1, -0.05) is 48.2 Å². The molecule has 0 aliphatic rings. The number of pyridine rings is 1. The maximum Gasteiger partial charge on any atom is 0.234 e. The summed E-state index contributed by atoms with van der Waals surface area (Å²) >= 11 is 3.06. The molecule has 0 atom stereocenters. The Hall–Kier alpha value is -3.16. The number of carbonyl (C=O) groups is 1. The third kappa shape index (κ3) is 3.69. The zero-order chi connectivity index (χ0) is 20.5. The van der Waals surface area contributed by atoms with Crippen molar-refractivity contribution in [1.82, 2.24) is 14.4 Å². The van der Waals surface area contributed by atoms with E-state index in [0.29, 0.717) is 5.75 Å². The molecule has 5 rings (SSSR count). The quantitative estimate of drug-likeness (QED) is 0.366. The van der Waals surface area contributed by atoms with Crippen molar-refractivity contribution in [3.8, 4) is 11.3 Å². The lowest BCUT2D eigenvalue weighted by Crippen LogP contribution is -2.14. The molecule has 5 nitrogen and oxygen atoms in total. The molecule has 1 N–H and O–H groups in total. The number of anilines is 1. The standard InChI is InChI=1S/C23H18N4OS2/c1-15-7-6-12-27-13-19(25-22(15)27)16-8-2-3-9-17(16)24-21(28)14-29-23-26-18-10-4-5-11-20(18)30-23/h2-13H,14H2,1H3,(H,24,28). The van der Waals surface area contributed by atoms with Gasteiger partial charge in [0.2, 0.25) is 5.91 Å². The van der Waals surface area contributed by atoms with Gasteiger partial charge in [0.05, 0.1) is 27.4 Å². The molecule has 148 valence electrons. The van der Waals surface area contributed by atoms with Crippen molar-refractivity contribution in [2.75, 3.05) is 11.1 Å². The smallest absolute Gasteiger partial charge is 0.234 e. The van der Waals surface area contributed by atoms with E-state index in [-0.39, 0.29) is 5.91 Å². The van der Waals surface area contributed by atoms with Crippen LogP contribution < -0.4 is 5.32 Å². The van der Waals surface area contributed by atoms with Gasteiger partial charge in [0, 0.05) is 18.0 Å². The highest BCUT2D eigenvalue weighted by Crippen LogP contribution is 2.31. The molecule has 0 unspecified atom stereocenters. The zero-order valence-corrected chi connectivity index (χ0v) is 17.8. The van der Waals surface area contributed by atoms with Crippen LogP contribution in [0, 0.1) is 6.92 Å². The molecule has 30 heavy (non-hydrogen) atoms. The molecule has 0 saturated heterocycles. The lowest BCUT2D eigenvalue weighted by Gasteiger charge is -2.09. The van der Waals surface area contributed by atoms with Crippen molar-refractivity contribution in [3.63, 3.8) is 0 Å². The van der Waals surface area contributed by atoms with E-state index in [9.17, 15) is 4.79 Å². The predicted octanol–water partition coefficient (Wildman–Crippen LogP) is 5.65. The summed E-state index contributed by atoms with van der Waals surface area (Å²) in [5.74, 6) is 0.241. The minimum absolute atomic E-state index is 0.0633. The molecule has 5 aromatic rings. The Morgan fingerprint density at radius 1 is 1.07 bits per heavy atom. The van der Waals surface area contributed by atoms with Crippen LogP contribution in [0.2, 0.25) is 0 Å². The fourth-order valence-corrected chi connectivity index (χ4v) is 5.19. The number of amides is 1. The van der Waals surface area contributed by atoms with Crippen molar-refractivity contribution in [1.29, 1.82) is 0 Å². The van der Waals surface area contributed by atoms with E-state index < -0.39 is 0 Å². The number of aryl methyl sites for hydroxylation is 1. The summed E-state index contributed by atoms with van der Waals surface area (Å²) in [6.45, 7) is 2.04. The van der Waals surface area contributed by atoms with Gasteiger partial charge < -0.3 is 9.72 Å². The maximum atomic E-state index is 12.6. The highest BCUT2D eigenvalue weighted by atomic mass is 32.2. The summed E-state index contributed by atoms with van der Waals surface area (Å²) in [6, 6.07) is 19.8. The molecule has 1 amide bonds. The maximum absolute atomic E-state index is 12.6. The third-order valence-corrected chi connectivity index (χ3v) is 6.94. The number of hydrogen-bond acceptors (Lipinski definition) is 5. The highest BCUT2D eigenvalue weighted by molar-refractivity contribution is 8.01. The molecule has 3 heterocycles. The Balaban J connectivity index is 1.34. The Morgan fingerprint density at radius 2 is 1.90 bits per heavy atom. The Bertz CT molecular complexity index is 1340. The van der Waals surface area contributed by atoms with Crippen LogP contribution in [0.4, 0.5) is 5.69 Å². The minimum atomic E-state index is -0.0633. The van der Waals surface area contributed by atoms with E-state index in [0.717, 1.165) is 42.7 Å². The predicted molar refractivity (Wildman–Crippen MR) is 124 cm³/mol. The third-order valence-electron chi connectivity index (χ3n) is 4.76. The van der Waals surface area contributed by atoms with Crippen molar-refractivity contribution < 1.29 is 4.79 Å². The molecule has 0 spiro atoms. The summed E-state index contributed by atoms with van der Waals surface area (Å²) in [5, 5.41) is 3.04. The molecule has 7 heteroatoms. The first-order chi connectivity index (χ1) is 14.7. The number of hydrogen-bond donors (Lipinski definition) is 1. The normalized spacial score (nSPS) is 11.2. The van der Waals surface area contributed by atoms with E-state index in [4.69, 9.17) is 4.98 Å². The number of aromatic nitrogens is 3. The molecule has 0 bridgehead atoms. The molecule has 0 aliphatic heterocycles. The van der Waals surface area contributed by atoms with E-state index in [1.165, 1.54) is 11.8 Å². The van der Waals surface area contributed by atoms with Gasteiger partial charge in [-0.05, 0) is 36.8 Å². The first kappa shape index (κ1) is 18.8. The van der Waals surface area contributed by atoms with Crippen LogP contribution in [-0.4, -0.2) is 26.0 Å². The second kappa shape index (κ2) is 7.93. The lowest BCUT2D eigenvalue weighted by atomic mass is 10.1. The van der Waals surface area contributed by atoms with Crippen molar-refractivity contribution >= 4 is 50.6 Å². The molecule has 0 aliphatic carbocycles. The van der Waals surface area contributed by atoms with Crippen LogP contribution in [-0.2, 0) is 4.79 Å². The van der Waals surface area contributed by atoms with Gasteiger partial charge in [0.15, 0.2) is 4.34 Å². The van der Waals surface area contributed by atoms with Gasteiger partial charge in [-0.3, -0.25) is 4.79 Å². The average molecular weight is 431 g/mol. The second-order valence-electron chi connectivity index (χ2n) is 6.88.